The molecule has 7 nitrogen and oxygen atoms in total. The first kappa shape index (κ1) is 17.7. The average molecular weight is 377 g/mol. The predicted molar refractivity (Wildman–Crippen MR) is 103 cm³/mol. The molecule has 4 rings (SSSR count). The van der Waals surface area contributed by atoms with Gasteiger partial charge in [-0.3, -0.25) is 9.59 Å². The van der Waals surface area contributed by atoms with E-state index in [1.165, 1.54) is 0 Å². The maximum atomic E-state index is 13.1. The van der Waals surface area contributed by atoms with E-state index in [0.717, 1.165) is 11.3 Å². The van der Waals surface area contributed by atoms with Crippen LogP contribution in [0.4, 0.5) is 5.69 Å². The Morgan fingerprint density at radius 1 is 1.11 bits per heavy atom. The van der Waals surface area contributed by atoms with Crippen LogP contribution in [0.2, 0.25) is 0 Å². The van der Waals surface area contributed by atoms with Gasteiger partial charge in [-0.25, -0.2) is 0 Å². The van der Waals surface area contributed by atoms with Crippen LogP contribution in [-0.2, 0) is 11.3 Å². The number of primary amides is 1. The summed E-state index contributed by atoms with van der Waals surface area (Å²) < 4.78 is 10.8. The van der Waals surface area contributed by atoms with Gasteiger partial charge in [-0.1, -0.05) is 24.3 Å². The monoisotopic (exact) mass is 377 g/mol. The third-order valence-corrected chi connectivity index (χ3v) is 4.51. The molecule has 142 valence electrons. The third-order valence-electron chi connectivity index (χ3n) is 4.51. The van der Waals surface area contributed by atoms with Gasteiger partial charge >= 0.3 is 0 Å². The normalized spacial score (nSPS) is 15.6. The van der Waals surface area contributed by atoms with Gasteiger partial charge in [0.15, 0.2) is 6.61 Å². The average Bonchev–Trinajstić information content (AvgIpc) is 3.22. The number of hydrogen-bond donors (Lipinski definition) is 2. The van der Waals surface area contributed by atoms with Crippen LogP contribution in [0.5, 0.6) is 5.75 Å². The Morgan fingerprint density at radius 3 is 2.61 bits per heavy atom. The van der Waals surface area contributed by atoms with Gasteiger partial charge < -0.3 is 25.1 Å². The molecule has 2 amide bonds. The maximum absolute atomic E-state index is 13.1. The van der Waals surface area contributed by atoms with Crippen LogP contribution < -0.4 is 15.8 Å². The number of nitrogens with zero attached hydrogens (tertiary/aromatic N) is 1. The Balaban J connectivity index is 1.64. The zero-order valence-electron chi connectivity index (χ0n) is 15.0. The Kier molecular flexibility index (Phi) is 4.72. The fraction of sp³-hybridized carbons (Fsp3) is 0.143. The number of carbonyl (C=O) groups is 2. The number of carbonyl (C=O) groups excluding carboxylic acids is 2. The topological polar surface area (TPSA) is 97.8 Å². The van der Waals surface area contributed by atoms with Crippen molar-refractivity contribution < 1.29 is 18.7 Å². The molecule has 0 aliphatic carbocycles. The van der Waals surface area contributed by atoms with Gasteiger partial charge in [-0.05, 0) is 42.0 Å². The molecular formula is C21H19N3O4. The second-order valence-corrected chi connectivity index (χ2v) is 6.43. The summed E-state index contributed by atoms with van der Waals surface area (Å²) in [6, 6.07) is 18.2. The molecule has 0 spiro atoms. The van der Waals surface area contributed by atoms with E-state index in [4.69, 9.17) is 14.9 Å². The Bertz CT molecular complexity index is 983. The highest BCUT2D eigenvalue weighted by atomic mass is 16.5. The highest BCUT2D eigenvalue weighted by molar-refractivity contribution is 6.01. The summed E-state index contributed by atoms with van der Waals surface area (Å²) in [4.78, 5) is 25.7. The van der Waals surface area contributed by atoms with Crippen LogP contribution in [0.3, 0.4) is 0 Å². The number of amides is 2. The van der Waals surface area contributed by atoms with E-state index in [2.05, 4.69) is 5.32 Å². The number of fused-ring (bicyclic) bond motifs is 1. The molecule has 1 aliphatic heterocycles. The first-order valence-corrected chi connectivity index (χ1v) is 8.82. The first-order chi connectivity index (χ1) is 13.6. The summed E-state index contributed by atoms with van der Waals surface area (Å²) in [7, 11) is 0. The van der Waals surface area contributed by atoms with Crippen LogP contribution in [0, 0.1) is 0 Å². The summed E-state index contributed by atoms with van der Waals surface area (Å²) in [5.74, 6) is 0.610. The van der Waals surface area contributed by atoms with Gasteiger partial charge in [-0.15, -0.1) is 0 Å². The second kappa shape index (κ2) is 7.48. The van der Waals surface area contributed by atoms with Crippen molar-refractivity contribution in [1.82, 2.24) is 4.90 Å². The van der Waals surface area contributed by atoms with Crippen molar-refractivity contribution in [2.75, 3.05) is 11.9 Å². The summed E-state index contributed by atoms with van der Waals surface area (Å²) in [6.07, 6.45) is 1.21. The maximum Gasteiger partial charge on any atom is 0.258 e. The van der Waals surface area contributed by atoms with E-state index in [0.29, 0.717) is 23.6 Å². The van der Waals surface area contributed by atoms with Crippen molar-refractivity contribution >= 4 is 17.5 Å². The predicted octanol–water partition coefficient (Wildman–Crippen LogP) is 2.91. The Labute approximate surface area is 161 Å². The molecule has 1 unspecified atom stereocenters. The van der Waals surface area contributed by atoms with Crippen molar-refractivity contribution in [3.05, 3.63) is 83.8 Å². The molecule has 3 aromatic rings. The van der Waals surface area contributed by atoms with E-state index in [1.807, 2.05) is 36.4 Å². The lowest BCUT2D eigenvalue weighted by Gasteiger charge is -2.37. The smallest absolute Gasteiger partial charge is 0.258 e. The lowest BCUT2D eigenvalue weighted by Crippen LogP contribution is -2.42. The number of rotatable bonds is 6. The fourth-order valence-corrected chi connectivity index (χ4v) is 3.19. The lowest BCUT2D eigenvalue weighted by atomic mass is 10.0. The summed E-state index contributed by atoms with van der Waals surface area (Å²) in [6.45, 7) is 0.148. The molecular weight excluding hydrogens is 358 g/mol. The van der Waals surface area contributed by atoms with Gasteiger partial charge in [0, 0.05) is 5.69 Å². The molecule has 28 heavy (non-hydrogen) atoms. The Hall–Kier alpha value is -3.74. The zero-order valence-corrected chi connectivity index (χ0v) is 15.0. The van der Waals surface area contributed by atoms with Gasteiger partial charge in [0.2, 0.25) is 0 Å². The van der Waals surface area contributed by atoms with Crippen LogP contribution in [0.25, 0.3) is 0 Å². The van der Waals surface area contributed by atoms with Crippen molar-refractivity contribution in [3.63, 3.8) is 0 Å². The van der Waals surface area contributed by atoms with E-state index in [9.17, 15) is 9.59 Å². The quantitative estimate of drug-likeness (QED) is 0.688. The van der Waals surface area contributed by atoms with E-state index >= 15 is 0 Å². The number of benzene rings is 2. The van der Waals surface area contributed by atoms with E-state index in [-0.39, 0.29) is 18.7 Å². The minimum Gasteiger partial charge on any atom is -0.484 e. The number of ether oxygens (including phenoxy) is 1. The molecule has 2 heterocycles. The zero-order chi connectivity index (χ0) is 19.5. The number of para-hydroxylation sites is 1. The highest BCUT2D eigenvalue weighted by Gasteiger charge is 2.33. The van der Waals surface area contributed by atoms with Crippen molar-refractivity contribution in [2.24, 2.45) is 5.73 Å². The number of furan rings is 1. The molecule has 0 bridgehead atoms. The molecule has 0 saturated carbocycles. The molecule has 3 N–H and O–H groups in total. The van der Waals surface area contributed by atoms with Gasteiger partial charge in [0.25, 0.3) is 11.8 Å². The molecule has 0 radical (unpaired) electrons. The number of nitrogens with one attached hydrogen (secondary N) is 1. The minimum atomic E-state index is -0.537. The molecule has 7 heteroatoms. The van der Waals surface area contributed by atoms with E-state index < -0.39 is 5.91 Å². The standard InChI is InChI=1S/C21H19N3O4/c22-19(25)13-28-15-9-7-14(8-10-15)20-23-18-6-2-1-5-17(18)21(26)24(20)12-16-4-3-11-27-16/h1-11,20,23H,12-13H2,(H2,22,25). The van der Waals surface area contributed by atoms with Crippen LogP contribution in [-0.4, -0.2) is 23.3 Å². The highest BCUT2D eigenvalue weighted by Crippen LogP contribution is 2.34. The number of nitrogens with two attached hydrogens (primary N) is 1. The number of anilines is 1. The van der Waals surface area contributed by atoms with Crippen LogP contribution in [0.15, 0.2) is 71.3 Å². The van der Waals surface area contributed by atoms with Gasteiger partial charge in [-0.2, -0.15) is 0 Å². The summed E-state index contributed by atoms with van der Waals surface area (Å²) in [5.41, 5.74) is 7.38. The van der Waals surface area contributed by atoms with Crippen LogP contribution >= 0.6 is 0 Å². The fourth-order valence-electron chi connectivity index (χ4n) is 3.19. The SMILES string of the molecule is NC(=O)COc1ccc(C2Nc3ccccc3C(=O)N2Cc2ccco2)cc1. The molecule has 0 saturated heterocycles. The van der Waals surface area contributed by atoms with E-state index in [1.54, 1.807) is 35.4 Å². The lowest BCUT2D eigenvalue weighted by molar-refractivity contribution is -0.119. The third kappa shape index (κ3) is 3.55. The second-order valence-electron chi connectivity index (χ2n) is 6.43. The van der Waals surface area contributed by atoms with Crippen molar-refractivity contribution in [1.29, 1.82) is 0 Å². The minimum absolute atomic E-state index is 0.0789. The molecule has 1 atom stereocenters. The molecule has 1 aliphatic rings. The van der Waals surface area contributed by atoms with Crippen LogP contribution in [0.1, 0.15) is 27.8 Å². The summed E-state index contributed by atoms with van der Waals surface area (Å²) >= 11 is 0. The Morgan fingerprint density at radius 2 is 1.89 bits per heavy atom. The van der Waals surface area contributed by atoms with Crippen molar-refractivity contribution in [2.45, 2.75) is 12.7 Å². The summed E-state index contributed by atoms with van der Waals surface area (Å²) in [5, 5.41) is 3.42. The molecule has 1 aromatic heterocycles. The first-order valence-electron chi connectivity index (χ1n) is 8.82. The largest absolute Gasteiger partial charge is 0.484 e. The van der Waals surface area contributed by atoms with Crippen molar-refractivity contribution in [3.8, 4) is 5.75 Å². The molecule has 0 fully saturated rings. The van der Waals surface area contributed by atoms with Gasteiger partial charge in [0.1, 0.15) is 17.7 Å². The van der Waals surface area contributed by atoms with Gasteiger partial charge in [0.05, 0.1) is 18.4 Å². The molecule has 2 aromatic carbocycles. The number of hydrogen-bond acceptors (Lipinski definition) is 5.